The second kappa shape index (κ2) is 5.36. The first-order chi connectivity index (χ1) is 9.06. The first-order valence-corrected chi connectivity index (χ1v) is 6.42. The summed E-state index contributed by atoms with van der Waals surface area (Å²) in [7, 11) is 2.97. The number of Topliss-reactive ketones (excluding diaryl/α,β-unsaturated/α-hetero) is 1. The van der Waals surface area contributed by atoms with E-state index in [1.54, 1.807) is 12.1 Å². The van der Waals surface area contributed by atoms with E-state index < -0.39 is 5.97 Å². The Bertz CT molecular complexity index is 577. The summed E-state index contributed by atoms with van der Waals surface area (Å²) in [6, 6.07) is 3.19. The molecule has 0 atom stereocenters. The molecule has 1 heterocycles. The number of methoxy groups -OCH3 is 2. The topological polar surface area (TPSA) is 72.8 Å². The molecule has 0 fully saturated rings. The number of carbonyl (C=O) groups excluding carboxylic acids is 1. The lowest BCUT2D eigenvalue weighted by Gasteiger charge is -2.11. The molecule has 2 rings (SSSR count). The second-order valence-corrected chi connectivity index (χ2v) is 4.84. The fourth-order valence-corrected chi connectivity index (χ4v) is 2.56. The molecule has 0 bridgehead atoms. The van der Waals surface area contributed by atoms with E-state index in [1.807, 2.05) is 0 Å². The van der Waals surface area contributed by atoms with E-state index >= 15 is 0 Å². The number of fused-ring (bicyclic) bond motifs is 1. The number of benzene rings is 1. The molecule has 1 aromatic carbocycles. The average Bonchev–Trinajstić information content (AvgIpc) is 2.56. The Kier molecular flexibility index (Phi) is 3.80. The summed E-state index contributed by atoms with van der Waals surface area (Å²) in [4.78, 5) is 23.2. The van der Waals surface area contributed by atoms with Crippen LogP contribution in [0.3, 0.4) is 0 Å². The van der Waals surface area contributed by atoms with Gasteiger partial charge >= 0.3 is 5.97 Å². The molecule has 0 aromatic heterocycles. The number of carboxylic acid groups (broad SMARTS) is 1. The molecule has 0 amide bonds. The number of carboxylic acids is 1. The SMILES string of the molecule is COc1cc2c(cc1OC)C(=O)CSC(C(=O)O)=C2. The van der Waals surface area contributed by atoms with Crippen LogP contribution < -0.4 is 9.47 Å². The molecule has 1 aliphatic rings. The van der Waals surface area contributed by atoms with Gasteiger partial charge in [0.15, 0.2) is 17.3 Å². The molecule has 0 unspecified atom stereocenters. The van der Waals surface area contributed by atoms with Gasteiger partial charge in [-0.05, 0) is 23.8 Å². The quantitative estimate of drug-likeness (QED) is 0.913. The van der Waals surface area contributed by atoms with E-state index in [9.17, 15) is 9.59 Å². The number of aliphatic carboxylic acids is 1. The Labute approximate surface area is 114 Å². The summed E-state index contributed by atoms with van der Waals surface area (Å²) in [5, 5.41) is 9.05. The molecule has 0 saturated carbocycles. The van der Waals surface area contributed by atoms with Gasteiger partial charge in [0.1, 0.15) is 0 Å². The molecule has 0 aliphatic carbocycles. The van der Waals surface area contributed by atoms with Crippen LogP contribution >= 0.6 is 11.8 Å². The lowest BCUT2D eigenvalue weighted by molar-refractivity contribution is -0.131. The Morgan fingerprint density at radius 2 is 1.89 bits per heavy atom. The molecule has 100 valence electrons. The van der Waals surface area contributed by atoms with Crippen LogP contribution in [0.1, 0.15) is 15.9 Å². The van der Waals surface area contributed by atoms with Crippen molar-refractivity contribution in [1.29, 1.82) is 0 Å². The second-order valence-electron chi connectivity index (χ2n) is 3.82. The fourth-order valence-electron chi connectivity index (χ4n) is 1.78. The van der Waals surface area contributed by atoms with Crippen molar-refractivity contribution in [3.05, 3.63) is 28.2 Å². The summed E-state index contributed by atoms with van der Waals surface area (Å²) in [6.45, 7) is 0. The van der Waals surface area contributed by atoms with Gasteiger partial charge in [-0.1, -0.05) is 0 Å². The van der Waals surface area contributed by atoms with E-state index in [2.05, 4.69) is 0 Å². The van der Waals surface area contributed by atoms with Gasteiger partial charge in [0.05, 0.1) is 24.9 Å². The van der Waals surface area contributed by atoms with Crippen LogP contribution in [0.25, 0.3) is 6.08 Å². The molecular weight excluding hydrogens is 268 g/mol. The van der Waals surface area contributed by atoms with Gasteiger partial charge in [0.2, 0.25) is 0 Å². The highest BCUT2D eigenvalue weighted by Crippen LogP contribution is 2.35. The highest BCUT2D eigenvalue weighted by atomic mass is 32.2. The summed E-state index contributed by atoms with van der Waals surface area (Å²) < 4.78 is 10.3. The van der Waals surface area contributed by atoms with Gasteiger partial charge in [-0.2, -0.15) is 0 Å². The van der Waals surface area contributed by atoms with E-state index in [0.717, 1.165) is 11.8 Å². The molecule has 0 radical (unpaired) electrons. The Balaban J connectivity index is 2.62. The smallest absolute Gasteiger partial charge is 0.342 e. The number of ketones is 1. The fraction of sp³-hybridized carbons (Fsp3) is 0.231. The van der Waals surface area contributed by atoms with Crippen LogP contribution in [0.5, 0.6) is 11.5 Å². The predicted molar refractivity (Wildman–Crippen MR) is 71.9 cm³/mol. The lowest BCUT2D eigenvalue weighted by atomic mass is 10.0. The van der Waals surface area contributed by atoms with E-state index in [4.69, 9.17) is 14.6 Å². The van der Waals surface area contributed by atoms with Gasteiger partial charge in [0.25, 0.3) is 0 Å². The molecule has 6 heteroatoms. The number of ether oxygens (including phenoxy) is 2. The zero-order chi connectivity index (χ0) is 14.0. The van der Waals surface area contributed by atoms with Crippen LogP contribution in [0.2, 0.25) is 0 Å². The minimum Gasteiger partial charge on any atom is -0.493 e. The standard InChI is InChI=1S/C13H12O5S/c1-17-10-3-7-4-12(13(15)16)19-6-9(14)8(7)5-11(10)18-2/h3-5H,6H2,1-2H3,(H,15,16). The van der Waals surface area contributed by atoms with Crippen LogP contribution in [0.15, 0.2) is 17.0 Å². The van der Waals surface area contributed by atoms with Gasteiger partial charge in [0, 0.05) is 5.56 Å². The molecule has 0 spiro atoms. The third-order valence-corrected chi connectivity index (χ3v) is 3.72. The number of hydrogen-bond acceptors (Lipinski definition) is 5. The number of hydrogen-bond donors (Lipinski definition) is 1. The first-order valence-electron chi connectivity index (χ1n) is 5.44. The first kappa shape index (κ1) is 13.5. The van der Waals surface area contributed by atoms with Gasteiger partial charge in [-0.3, -0.25) is 4.79 Å². The van der Waals surface area contributed by atoms with E-state index in [1.165, 1.54) is 20.3 Å². The largest absolute Gasteiger partial charge is 0.493 e. The van der Waals surface area contributed by atoms with Crippen molar-refractivity contribution < 1.29 is 24.2 Å². The zero-order valence-corrected chi connectivity index (χ0v) is 11.2. The van der Waals surface area contributed by atoms with E-state index in [-0.39, 0.29) is 16.4 Å². The molecule has 1 N–H and O–H groups in total. The van der Waals surface area contributed by atoms with Gasteiger partial charge < -0.3 is 14.6 Å². The number of carbonyl (C=O) groups is 2. The maximum atomic E-state index is 12.0. The molecule has 1 aliphatic heterocycles. The minimum atomic E-state index is -1.04. The Hall–Kier alpha value is -1.95. The average molecular weight is 280 g/mol. The number of rotatable bonds is 3. The van der Waals surface area contributed by atoms with Crippen molar-refractivity contribution >= 4 is 29.6 Å². The Morgan fingerprint density at radius 1 is 1.26 bits per heavy atom. The normalized spacial score (nSPS) is 14.2. The predicted octanol–water partition coefficient (Wildman–Crippen LogP) is 2.06. The number of thioether (sulfide) groups is 1. The summed E-state index contributed by atoms with van der Waals surface area (Å²) in [5.41, 5.74) is 0.978. The van der Waals surface area contributed by atoms with Crippen LogP contribution in [0, 0.1) is 0 Å². The van der Waals surface area contributed by atoms with Crippen molar-refractivity contribution in [2.75, 3.05) is 20.0 Å². The summed E-state index contributed by atoms with van der Waals surface area (Å²) in [6.07, 6.45) is 1.48. The van der Waals surface area contributed by atoms with Gasteiger partial charge in [-0.25, -0.2) is 4.79 Å². The minimum absolute atomic E-state index is 0.0978. The van der Waals surface area contributed by atoms with Crippen molar-refractivity contribution in [2.24, 2.45) is 0 Å². The molecule has 19 heavy (non-hydrogen) atoms. The van der Waals surface area contributed by atoms with Gasteiger partial charge in [-0.15, -0.1) is 11.8 Å². The summed E-state index contributed by atoms with van der Waals surface area (Å²) in [5.74, 6) is -0.164. The molecule has 1 aromatic rings. The molecule has 5 nitrogen and oxygen atoms in total. The van der Waals surface area contributed by atoms with Crippen molar-refractivity contribution in [3.63, 3.8) is 0 Å². The third kappa shape index (κ3) is 2.58. The monoisotopic (exact) mass is 280 g/mol. The highest BCUT2D eigenvalue weighted by Gasteiger charge is 2.22. The summed E-state index contributed by atoms with van der Waals surface area (Å²) >= 11 is 1.01. The van der Waals surface area contributed by atoms with Crippen LogP contribution in [-0.2, 0) is 4.79 Å². The maximum absolute atomic E-state index is 12.0. The molecule has 0 saturated heterocycles. The van der Waals surface area contributed by atoms with Crippen LogP contribution in [0.4, 0.5) is 0 Å². The highest BCUT2D eigenvalue weighted by molar-refractivity contribution is 8.04. The Morgan fingerprint density at radius 3 is 2.47 bits per heavy atom. The maximum Gasteiger partial charge on any atom is 0.342 e. The van der Waals surface area contributed by atoms with Crippen molar-refractivity contribution in [2.45, 2.75) is 0 Å². The molecular formula is C13H12O5S. The van der Waals surface area contributed by atoms with E-state index in [0.29, 0.717) is 22.6 Å². The van der Waals surface area contributed by atoms with Crippen LogP contribution in [-0.4, -0.2) is 36.8 Å². The third-order valence-electron chi connectivity index (χ3n) is 2.71. The van der Waals surface area contributed by atoms with Crippen molar-refractivity contribution in [1.82, 2.24) is 0 Å². The zero-order valence-electron chi connectivity index (χ0n) is 10.4. The lowest BCUT2D eigenvalue weighted by Crippen LogP contribution is -2.04. The van der Waals surface area contributed by atoms with Crippen molar-refractivity contribution in [3.8, 4) is 11.5 Å².